The van der Waals surface area contributed by atoms with Gasteiger partial charge in [-0.1, -0.05) is 30.3 Å². The molecule has 0 saturated carbocycles. The number of amides is 1. The number of rotatable bonds is 6. The van der Waals surface area contributed by atoms with Crippen LogP contribution in [0.2, 0.25) is 0 Å². The molecule has 1 atom stereocenters. The SMILES string of the molecule is Cc1[nH]cnc1[C@H](CC(=O)O)NC(=O)OCc1ccccc1. The van der Waals surface area contributed by atoms with E-state index in [1.54, 1.807) is 6.92 Å². The standard InChI is InChI=1S/C15H17N3O4/c1-10-14(17-9-16-10)12(7-13(19)20)18-15(21)22-8-11-5-3-2-4-6-11/h2-6,9,12H,7-8H2,1H3,(H,16,17)(H,18,21)(H,19,20)/t12-/m0/s1. The van der Waals surface area contributed by atoms with Crippen LogP contribution in [-0.4, -0.2) is 27.1 Å². The predicted octanol–water partition coefficient (Wildman–Crippen LogP) is 2.16. The molecule has 0 saturated heterocycles. The molecule has 0 bridgehead atoms. The third-order valence-corrected chi connectivity index (χ3v) is 3.08. The summed E-state index contributed by atoms with van der Waals surface area (Å²) >= 11 is 0. The summed E-state index contributed by atoms with van der Waals surface area (Å²) in [7, 11) is 0. The molecule has 0 radical (unpaired) electrons. The molecule has 22 heavy (non-hydrogen) atoms. The molecule has 1 aromatic heterocycles. The summed E-state index contributed by atoms with van der Waals surface area (Å²) in [5.41, 5.74) is 2.04. The molecule has 2 aromatic rings. The van der Waals surface area contributed by atoms with E-state index in [0.717, 1.165) is 5.56 Å². The van der Waals surface area contributed by atoms with Crippen molar-refractivity contribution in [3.63, 3.8) is 0 Å². The van der Waals surface area contributed by atoms with Crippen molar-refractivity contribution in [2.45, 2.75) is 26.0 Å². The molecule has 0 aliphatic rings. The van der Waals surface area contributed by atoms with Crippen molar-refractivity contribution in [3.05, 3.63) is 53.6 Å². The average Bonchev–Trinajstić information content (AvgIpc) is 2.91. The average molecular weight is 303 g/mol. The fraction of sp³-hybridized carbons (Fsp3) is 0.267. The highest BCUT2D eigenvalue weighted by Gasteiger charge is 2.22. The lowest BCUT2D eigenvalue weighted by atomic mass is 10.1. The number of nitrogens with one attached hydrogen (secondary N) is 2. The van der Waals surface area contributed by atoms with Crippen molar-refractivity contribution in [2.24, 2.45) is 0 Å². The van der Waals surface area contributed by atoms with Gasteiger partial charge in [0, 0.05) is 5.69 Å². The topological polar surface area (TPSA) is 104 Å². The fourth-order valence-electron chi connectivity index (χ4n) is 2.02. The Hall–Kier alpha value is -2.83. The Morgan fingerprint density at radius 3 is 2.68 bits per heavy atom. The molecule has 1 heterocycles. The number of imidazole rings is 1. The highest BCUT2D eigenvalue weighted by Crippen LogP contribution is 2.17. The Kier molecular flexibility index (Phi) is 5.13. The number of alkyl carbamates (subject to hydrolysis) is 1. The van der Waals surface area contributed by atoms with Crippen molar-refractivity contribution in [2.75, 3.05) is 0 Å². The van der Waals surface area contributed by atoms with Gasteiger partial charge in [-0.3, -0.25) is 4.79 Å². The first-order valence-corrected chi connectivity index (χ1v) is 6.75. The molecule has 1 aromatic carbocycles. The van der Waals surface area contributed by atoms with Crippen LogP contribution in [0.1, 0.15) is 29.4 Å². The molecule has 0 spiro atoms. The Morgan fingerprint density at radius 2 is 2.09 bits per heavy atom. The molecule has 0 fully saturated rings. The smallest absolute Gasteiger partial charge is 0.408 e. The Balaban J connectivity index is 1.96. The summed E-state index contributed by atoms with van der Waals surface area (Å²) in [4.78, 5) is 29.7. The van der Waals surface area contributed by atoms with E-state index in [0.29, 0.717) is 11.4 Å². The van der Waals surface area contributed by atoms with Gasteiger partial charge in [0.2, 0.25) is 0 Å². The van der Waals surface area contributed by atoms with E-state index in [4.69, 9.17) is 9.84 Å². The molecular weight excluding hydrogens is 286 g/mol. The normalized spacial score (nSPS) is 11.7. The number of aromatic nitrogens is 2. The van der Waals surface area contributed by atoms with Crippen molar-refractivity contribution >= 4 is 12.1 Å². The van der Waals surface area contributed by atoms with Crippen LogP contribution < -0.4 is 5.32 Å². The molecule has 7 nitrogen and oxygen atoms in total. The number of carboxylic acid groups (broad SMARTS) is 1. The highest BCUT2D eigenvalue weighted by molar-refractivity contribution is 5.71. The molecule has 7 heteroatoms. The van der Waals surface area contributed by atoms with Gasteiger partial charge in [0.1, 0.15) is 6.61 Å². The van der Waals surface area contributed by atoms with Crippen LogP contribution >= 0.6 is 0 Å². The number of aryl methyl sites for hydroxylation is 1. The second-order valence-corrected chi connectivity index (χ2v) is 4.77. The van der Waals surface area contributed by atoms with E-state index >= 15 is 0 Å². The van der Waals surface area contributed by atoms with Gasteiger partial charge >= 0.3 is 12.1 Å². The number of carbonyl (C=O) groups is 2. The number of ether oxygens (including phenoxy) is 1. The van der Waals surface area contributed by atoms with Crippen molar-refractivity contribution < 1.29 is 19.4 Å². The number of aromatic amines is 1. The van der Waals surface area contributed by atoms with Gasteiger partial charge in [0.25, 0.3) is 0 Å². The second-order valence-electron chi connectivity index (χ2n) is 4.77. The third-order valence-electron chi connectivity index (χ3n) is 3.08. The number of nitrogens with zero attached hydrogens (tertiary/aromatic N) is 1. The Morgan fingerprint density at radius 1 is 1.36 bits per heavy atom. The van der Waals surface area contributed by atoms with Crippen LogP contribution in [0.5, 0.6) is 0 Å². The Bertz CT molecular complexity index is 639. The number of H-pyrrole nitrogens is 1. The zero-order valence-corrected chi connectivity index (χ0v) is 12.1. The van der Waals surface area contributed by atoms with E-state index in [2.05, 4.69) is 15.3 Å². The maximum Gasteiger partial charge on any atom is 0.408 e. The predicted molar refractivity (Wildman–Crippen MR) is 78.1 cm³/mol. The number of hydrogen-bond donors (Lipinski definition) is 3. The quantitative estimate of drug-likeness (QED) is 0.758. The van der Waals surface area contributed by atoms with Gasteiger partial charge in [-0.15, -0.1) is 0 Å². The largest absolute Gasteiger partial charge is 0.481 e. The van der Waals surface area contributed by atoms with Crippen LogP contribution in [-0.2, 0) is 16.1 Å². The van der Waals surface area contributed by atoms with Crippen LogP contribution in [0.3, 0.4) is 0 Å². The van der Waals surface area contributed by atoms with Crippen LogP contribution in [0.4, 0.5) is 4.79 Å². The van der Waals surface area contributed by atoms with Gasteiger partial charge in [-0.2, -0.15) is 0 Å². The van der Waals surface area contributed by atoms with Crippen molar-refractivity contribution in [3.8, 4) is 0 Å². The van der Waals surface area contributed by atoms with Gasteiger partial charge in [0.05, 0.1) is 24.5 Å². The summed E-state index contributed by atoms with van der Waals surface area (Å²) in [6, 6.07) is 8.48. The first kappa shape index (κ1) is 15.6. The van der Waals surface area contributed by atoms with Gasteiger partial charge in [-0.25, -0.2) is 9.78 Å². The molecule has 2 rings (SSSR count). The van der Waals surface area contributed by atoms with E-state index < -0.39 is 18.1 Å². The molecule has 1 amide bonds. The monoisotopic (exact) mass is 303 g/mol. The number of benzene rings is 1. The molecule has 0 aliphatic heterocycles. The zero-order valence-electron chi connectivity index (χ0n) is 12.1. The number of hydrogen-bond acceptors (Lipinski definition) is 4. The summed E-state index contributed by atoms with van der Waals surface area (Å²) in [5.74, 6) is -1.03. The van der Waals surface area contributed by atoms with Gasteiger partial charge < -0.3 is 20.1 Å². The lowest BCUT2D eigenvalue weighted by molar-refractivity contribution is -0.137. The lowest BCUT2D eigenvalue weighted by Gasteiger charge is -2.16. The minimum Gasteiger partial charge on any atom is -0.481 e. The molecular formula is C15H17N3O4. The lowest BCUT2D eigenvalue weighted by Crippen LogP contribution is -2.31. The van der Waals surface area contributed by atoms with Crippen molar-refractivity contribution in [1.82, 2.24) is 15.3 Å². The minimum atomic E-state index is -1.03. The van der Waals surface area contributed by atoms with Crippen LogP contribution in [0, 0.1) is 6.92 Å². The second kappa shape index (κ2) is 7.26. The molecule has 0 aliphatic carbocycles. The fourth-order valence-corrected chi connectivity index (χ4v) is 2.02. The number of carboxylic acids is 1. The maximum absolute atomic E-state index is 11.9. The summed E-state index contributed by atoms with van der Waals surface area (Å²) < 4.78 is 5.10. The van der Waals surface area contributed by atoms with Crippen LogP contribution in [0.15, 0.2) is 36.7 Å². The highest BCUT2D eigenvalue weighted by atomic mass is 16.5. The molecule has 3 N–H and O–H groups in total. The molecule has 0 unspecified atom stereocenters. The minimum absolute atomic E-state index is 0.117. The van der Waals surface area contributed by atoms with Crippen LogP contribution in [0.25, 0.3) is 0 Å². The first-order valence-electron chi connectivity index (χ1n) is 6.75. The molecule has 116 valence electrons. The summed E-state index contributed by atoms with van der Waals surface area (Å²) in [6.07, 6.45) is 0.500. The van der Waals surface area contributed by atoms with E-state index in [1.807, 2.05) is 30.3 Å². The first-order chi connectivity index (χ1) is 10.6. The third kappa shape index (κ3) is 4.34. The summed E-state index contributed by atoms with van der Waals surface area (Å²) in [5, 5.41) is 11.5. The number of aliphatic carboxylic acids is 1. The van der Waals surface area contributed by atoms with E-state index in [9.17, 15) is 9.59 Å². The van der Waals surface area contributed by atoms with Crippen molar-refractivity contribution in [1.29, 1.82) is 0 Å². The zero-order chi connectivity index (χ0) is 15.9. The number of carbonyl (C=O) groups excluding carboxylic acids is 1. The summed E-state index contributed by atoms with van der Waals surface area (Å²) in [6.45, 7) is 1.88. The Labute approximate surface area is 127 Å². The van der Waals surface area contributed by atoms with Gasteiger partial charge in [-0.05, 0) is 12.5 Å². The van der Waals surface area contributed by atoms with E-state index in [1.165, 1.54) is 6.33 Å². The van der Waals surface area contributed by atoms with E-state index in [-0.39, 0.29) is 13.0 Å². The van der Waals surface area contributed by atoms with Gasteiger partial charge in [0.15, 0.2) is 0 Å². The maximum atomic E-state index is 11.9.